The number of phosphoric ester groups is 3. The van der Waals surface area contributed by atoms with Crippen LogP contribution in [0.25, 0.3) is 11.2 Å². The number of carbonyl (C=O) groups is 3. The highest BCUT2D eigenvalue weighted by Crippen LogP contribution is 2.61. The molecule has 0 aliphatic carbocycles. The number of phosphoric acid groups is 3. The Kier molecular flexibility index (Phi) is 15.3. The zero-order valence-corrected chi connectivity index (χ0v) is 30.7. The monoisotopic (exact) mass is 827 g/mol. The fourth-order valence-electron chi connectivity index (χ4n) is 4.36. The van der Waals surface area contributed by atoms with Gasteiger partial charge in [-0.3, -0.25) is 32.5 Å². The number of aliphatic hydroxyl groups excluding tert-OH is 2. The van der Waals surface area contributed by atoms with Gasteiger partial charge in [0.25, 0.3) is 0 Å². The summed E-state index contributed by atoms with van der Waals surface area (Å²) in [4.78, 5) is 85.5. The molecule has 2 amide bonds. The van der Waals surface area contributed by atoms with Crippen LogP contribution in [0.3, 0.4) is 0 Å². The molecule has 2 unspecified atom stereocenters. The van der Waals surface area contributed by atoms with E-state index in [0.29, 0.717) is 5.75 Å². The van der Waals surface area contributed by atoms with Crippen LogP contribution in [0, 0.1) is 5.41 Å². The van der Waals surface area contributed by atoms with E-state index in [2.05, 4.69) is 34.4 Å². The number of aliphatic hydroxyl groups is 2. The predicted octanol–water partition coefficient (Wildman–Crippen LogP) is -1.78. The van der Waals surface area contributed by atoms with E-state index >= 15 is 0 Å². The summed E-state index contributed by atoms with van der Waals surface area (Å²) < 4.78 is 61.8. The molecular formula is C23H38N7O18P3S. The number of fused-ring (bicyclic) bond motifs is 1. The number of ether oxygens (including phenoxy) is 1. The van der Waals surface area contributed by atoms with E-state index in [4.69, 9.17) is 24.6 Å². The molecule has 1 saturated heterocycles. The molecule has 0 saturated carbocycles. The van der Waals surface area contributed by atoms with Crippen LogP contribution < -0.4 is 16.4 Å². The highest BCUT2D eigenvalue weighted by Gasteiger charge is 2.50. The van der Waals surface area contributed by atoms with Crippen molar-refractivity contribution in [1.82, 2.24) is 30.2 Å². The Hall–Kier alpha value is -2.64. The number of rotatable bonds is 21. The Labute approximate surface area is 298 Å². The lowest BCUT2D eigenvalue weighted by Crippen LogP contribution is -2.46. The number of amides is 2. The molecule has 25 nitrogen and oxygen atoms in total. The van der Waals surface area contributed by atoms with Crippen LogP contribution in [-0.2, 0) is 50.7 Å². The van der Waals surface area contributed by atoms with E-state index in [-0.39, 0.29) is 42.2 Å². The molecular weight excluding hydrogens is 789 g/mol. The van der Waals surface area contributed by atoms with Gasteiger partial charge in [0.05, 0.1) is 25.3 Å². The first-order valence-electron chi connectivity index (χ1n) is 14.7. The van der Waals surface area contributed by atoms with Gasteiger partial charge in [-0.25, -0.2) is 28.6 Å². The SMILES string of the molecule is CC(C)(COP(=O)(O)OP(=O)(O)OC[C@H]1O[13C@@H](n2cnc3c(N)ncnc32)[13C@H](O)[C@@H]1OP(=O)(O)O)[C@@H](O)C(=O)NCCC(=O)NCCSCC(=O)O. The Morgan fingerprint density at radius 2 is 1.75 bits per heavy atom. The van der Waals surface area contributed by atoms with Crippen molar-refractivity contribution >= 4 is 70.0 Å². The molecule has 0 bridgehead atoms. The molecule has 0 spiro atoms. The third-order valence-corrected chi connectivity index (χ3v) is 10.9. The number of imidazole rings is 1. The molecule has 1 fully saturated rings. The molecule has 0 aromatic carbocycles. The Morgan fingerprint density at radius 1 is 1.08 bits per heavy atom. The number of nitrogens with one attached hydrogen (secondary N) is 2. The number of anilines is 1. The van der Waals surface area contributed by atoms with Crippen molar-refractivity contribution in [2.75, 3.05) is 43.5 Å². The summed E-state index contributed by atoms with van der Waals surface area (Å²) in [5, 5.41) is 34.7. The summed E-state index contributed by atoms with van der Waals surface area (Å²) in [7, 11) is -16.4. The normalized spacial score (nSPS) is 22.4. The minimum atomic E-state index is -5.57. The molecule has 2 aromatic heterocycles. The number of hydrogen-bond donors (Lipinski definition) is 10. The van der Waals surface area contributed by atoms with Crippen molar-refractivity contribution < 1.29 is 85.6 Å². The van der Waals surface area contributed by atoms with Crippen molar-refractivity contribution in [1.29, 1.82) is 0 Å². The van der Waals surface area contributed by atoms with Crippen molar-refractivity contribution in [2.45, 2.75) is 50.9 Å². The second-order valence-corrected chi connectivity index (χ2v) is 16.9. The summed E-state index contributed by atoms with van der Waals surface area (Å²) >= 11 is 1.09. The van der Waals surface area contributed by atoms with E-state index in [9.17, 15) is 57.9 Å². The van der Waals surface area contributed by atoms with Crippen molar-refractivity contribution in [3.63, 3.8) is 0 Å². The van der Waals surface area contributed by atoms with Crippen LogP contribution in [0.2, 0.25) is 0 Å². The maximum atomic E-state index is 12.6. The quantitative estimate of drug-likeness (QED) is 0.0378. The molecule has 1 aliphatic rings. The van der Waals surface area contributed by atoms with E-state index in [1.54, 1.807) is 0 Å². The average molecular weight is 828 g/mol. The molecule has 294 valence electrons. The van der Waals surface area contributed by atoms with Gasteiger partial charge in [-0.1, -0.05) is 13.8 Å². The Balaban J connectivity index is 1.53. The van der Waals surface area contributed by atoms with E-state index in [1.165, 1.54) is 13.8 Å². The summed E-state index contributed by atoms with van der Waals surface area (Å²) in [6.07, 6.45) is -6.96. The van der Waals surface area contributed by atoms with Crippen LogP contribution in [-0.4, -0.2) is 134 Å². The number of nitrogen functional groups attached to an aromatic ring is 1. The molecule has 29 heteroatoms. The first kappa shape index (κ1) is 43.8. The lowest BCUT2D eigenvalue weighted by Gasteiger charge is -2.30. The van der Waals surface area contributed by atoms with Gasteiger partial charge in [-0.05, 0) is 0 Å². The minimum Gasteiger partial charge on any atom is -0.481 e. The van der Waals surface area contributed by atoms with Crippen LogP contribution >= 0.6 is 35.2 Å². The highest BCUT2D eigenvalue weighted by atomic mass is 32.2. The highest BCUT2D eigenvalue weighted by molar-refractivity contribution is 7.99. The van der Waals surface area contributed by atoms with Gasteiger partial charge in [-0.15, -0.1) is 11.8 Å². The standard InChI is InChI=1S/C23H38N7O18P3S/c1-23(2,18(35)21(36)26-4-3-13(31)25-5-6-52-8-14(32)33)9-45-51(42,43)48-50(40,41)44-7-12-17(47-49(37,38)39)16(34)22(46-12)30-11-29-15-19(24)27-10-28-20(15)30/h10-12,16-18,22,34-35H,3-9H2,1-2H3,(H,25,31)(H,26,36)(H,32,33)(H,40,41)(H,42,43)(H2,24,27,28)(H2,37,38,39)/t12-,16-,17-,18+,22-/m1/s1/i16+1,22+1. The number of carbonyl (C=O) groups excluding carboxylic acids is 2. The van der Waals surface area contributed by atoms with Crippen LogP contribution in [0.5, 0.6) is 0 Å². The maximum absolute atomic E-state index is 12.6. The molecule has 11 N–H and O–H groups in total. The zero-order valence-electron chi connectivity index (χ0n) is 27.2. The Bertz CT molecular complexity index is 1730. The second kappa shape index (κ2) is 18.1. The number of aromatic nitrogens is 4. The van der Waals surface area contributed by atoms with Gasteiger partial charge in [-0.2, -0.15) is 4.31 Å². The number of aliphatic carboxylic acids is 1. The molecule has 52 heavy (non-hydrogen) atoms. The van der Waals surface area contributed by atoms with Crippen molar-refractivity contribution in [2.24, 2.45) is 5.41 Å². The van der Waals surface area contributed by atoms with Crippen LogP contribution in [0.15, 0.2) is 12.7 Å². The van der Waals surface area contributed by atoms with E-state index in [1.807, 2.05) is 0 Å². The molecule has 0 radical (unpaired) electrons. The number of carboxylic acid groups (broad SMARTS) is 1. The van der Waals surface area contributed by atoms with Gasteiger partial charge in [0.2, 0.25) is 11.8 Å². The number of nitrogens with two attached hydrogens (primary N) is 1. The maximum Gasteiger partial charge on any atom is 0.481 e. The summed E-state index contributed by atoms with van der Waals surface area (Å²) in [6.45, 7) is 0.414. The number of carboxylic acids is 1. The smallest absolute Gasteiger partial charge is 0.481 e. The lowest BCUT2D eigenvalue weighted by molar-refractivity contribution is -0.137. The molecule has 7 atom stereocenters. The minimum absolute atomic E-state index is 0.0260. The van der Waals surface area contributed by atoms with Gasteiger partial charge < -0.3 is 56.0 Å². The number of thioether (sulfide) groups is 1. The predicted molar refractivity (Wildman–Crippen MR) is 175 cm³/mol. The third-order valence-electron chi connectivity index (χ3n) is 6.87. The lowest BCUT2D eigenvalue weighted by atomic mass is 9.87. The Morgan fingerprint density at radius 3 is 2.40 bits per heavy atom. The second-order valence-electron chi connectivity index (χ2n) is 11.5. The zero-order chi connectivity index (χ0) is 39.1. The first-order chi connectivity index (χ1) is 24.0. The summed E-state index contributed by atoms with van der Waals surface area (Å²) in [5.41, 5.74) is 4.23. The van der Waals surface area contributed by atoms with Crippen LogP contribution in [0.4, 0.5) is 5.82 Å². The topological polar surface area (TPSA) is 384 Å². The summed E-state index contributed by atoms with van der Waals surface area (Å²) in [5.74, 6) is -2.28. The van der Waals surface area contributed by atoms with Gasteiger partial charge in [0.15, 0.2) is 17.7 Å². The fraction of sp³-hybridized carbons (Fsp3) is 0.652. The van der Waals surface area contributed by atoms with Crippen LogP contribution in [0.1, 0.15) is 26.5 Å². The van der Waals surface area contributed by atoms with E-state index < -0.39 is 90.5 Å². The largest absolute Gasteiger partial charge is 0.481 e. The number of hydrogen-bond acceptors (Lipinski definition) is 18. The average Bonchev–Trinajstić information content (AvgIpc) is 3.58. The molecule has 2 aromatic rings. The van der Waals surface area contributed by atoms with Crippen molar-refractivity contribution in [3.05, 3.63) is 12.7 Å². The molecule has 3 rings (SSSR count). The van der Waals surface area contributed by atoms with E-state index in [0.717, 1.165) is 29.0 Å². The number of nitrogens with zero attached hydrogens (tertiary/aromatic N) is 4. The van der Waals surface area contributed by atoms with Gasteiger partial charge in [0, 0.05) is 30.7 Å². The fourth-order valence-corrected chi connectivity index (χ4v) is 7.76. The first-order valence-corrected chi connectivity index (χ1v) is 20.4. The summed E-state index contributed by atoms with van der Waals surface area (Å²) in [6, 6.07) is 0. The van der Waals surface area contributed by atoms with Gasteiger partial charge in [0.1, 0.15) is 36.3 Å². The van der Waals surface area contributed by atoms with Crippen molar-refractivity contribution in [3.8, 4) is 0 Å². The van der Waals surface area contributed by atoms with Gasteiger partial charge >= 0.3 is 29.4 Å². The third kappa shape index (κ3) is 13.0. The molecule has 3 heterocycles. The molecule has 1 aliphatic heterocycles.